The highest BCUT2D eigenvalue weighted by atomic mass is 32.2. The number of benzene rings is 2. The van der Waals surface area contributed by atoms with Crippen LogP contribution in [-0.4, -0.2) is 97.4 Å². The van der Waals surface area contributed by atoms with Crippen molar-refractivity contribution in [2.45, 2.75) is 50.2 Å². The molecular formula is C27H30N4O11S. The summed E-state index contributed by atoms with van der Waals surface area (Å²) < 4.78 is 35.5. The molecule has 3 atom stereocenters. The number of carbonyl (C=O) groups excluding carboxylic acids is 5. The maximum Gasteiger partial charge on any atom is 0.339 e. The number of fused-ring (bicyclic) bond motifs is 2. The third-order valence-corrected chi connectivity index (χ3v) is 8.12. The second kappa shape index (κ2) is 13.3. The number of rotatable bonds is 11. The molecule has 2 aromatic carbocycles. The van der Waals surface area contributed by atoms with Gasteiger partial charge in [0, 0.05) is 13.0 Å². The molecule has 15 nitrogen and oxygen atoms in total. The highest BCUT2D eigenvalue weighted by molar-refractivity contribution is 7.84. The van der Waals surface area contributed by atoms with Gasteiger partial charge in [0.05, 0.1) is 19.1 Å². The van der Waals surface area contributed by atoms with E-state index in [0.717, 1.165) is 22.5 Å². The predicted octanol–water partition coefficient (Wildman–Crippen LogP) is -0.0970. The predicted molar refractivity (Wildman–Crippen MR) is 147 cm³/mol. The number of nitrogens with one attached hydrogen (secondary N) is 2. The summed E-state index contributed by atoms with van der Waals surface area (Å²) in [7, 11) is -3.44. The van der Waals surface area contributed by atoms with Crippen molar-refractivity contribution in [1.29, 1.82) is 0 Å². The zero-order valence-electron chi connectivity index (χ0n) is 23.1. The van der Waals surface area contributed by atoms with E-state index in [1.807, 2.05) is 0 Å². The Morgan fingerprint density at radius 3 is 2.51 bits per heavy atom. The normalized spacial score (nSPS) is 19.7. The second-order valence-electron chi connectivity index (χ2n) is 9.92. The Hall–Kier alpha value is -4.41. The fourth-order valence-corrected chi connectivity index (χ4v) is 5.67. The summed E-state index contributed by atoms with van der Waals surface area (Å²) in [5.74, 6) is -5.53. The van der Waals surface area contributed by atoms with Gasteiger partial charge >= 0.3 is 22.2 Å². The van der Waals surface area contributed by atoms with Crippen LogP contribution in [0.4, 0.5) is 0 Å². The number of nitrogens with zero attached hydrogens (tertiary/aromatic N) is 2. The van der Waals surface area contributed by atoms with Crippen LogP contribution in [0.2, 0.25) is 0 Å². The van der Waals surface area contributed by atoms with Gasteiger partial charge in [0.25, 0.3) is 5.91 Å². The van der Waals surface area contributed by atoms with Crippen LogP contribution in [-0.2, 0) is 43.2 Å². The zero-order valence-corrected chi connectivity index (χ0v) is 23.9. The number of amides is 3. The Bertz CT molecular complexity index is 1560. The Labute approximate surface area is 246 Å². The number of hydrazine groups is 1. The standard InChI is InChI=1S/C27H30N4O11S/c1-41-43(39,40)29-19-11-12-23(33)30-13-5-10-21(31(30)26(19)37)25(36)28-20(14-24(34)35)22(32)15-42-27(38)18-9-4-7-16-6-2-3-8-17(16)18/h2-4,6-9,19-21,29H,5,10-15H2,1H3,(H,28,36)(H,34,35)/t19-,20-,21-/m0/s1. The Morgan fingerprint density at radius 2 is 1.79 bits per heavy atom. The van der Waals surface area contributed by atoms with Crippen LogP contribution in [0.5, 0.6) is 0 Å². The first-order chi connectivity index (χ1) is 20.4. The molecule has 2 heterocycles. The number of hydrogen-bond donors (Lipinski definition) is 3. The van der Waals surface area contributed by atoms with Crippen LogP contribution in [0.1, 0.15) is 42.5 Å². The lowest BCUT2D eigenvalue weighted by Gasteiger charge is -2.43. The summed E-state index contributed by atoms with van der Waals surface area (Å²) in [6.07, 6.45) is -0.910. The lowest BCUT2D eigenvalue weighted by atomic mass is 10.0. The van der Waals surface area contributed by atoms with Gasteiger partial charge in [-0.2, -0.15) is 13.1 Å². The molecule has 43 heavy (non-hydrogen) atoms. The van der Waals surface area contributed by atoms with Crippen molar-refractivity contribution in [3.63, 3.8) is 0 Å². The van der Waals surface area contributed by atoms with Crippen molar-refractivity contribution >= 4 is 56.5 Å². The summed E-state index contributed by atoms with van der Waals surface area (Å²) in [4.78, 5) is 76.9. The van der Waals surface area contributed by atoms with Crippen LogP contribution in [0.25, 0.3) is 10.8 Å². The number of esters is 1. The lowest BCUT2D eigenvalue weighted by molar-refractivity contribution is -0.176. The number of Topliss-reactive ketones (excluding diaryl/α,β-unsaturated/α-hetero) is 1. The van der Waals surface area contributed by atoms with Crippen LogP contribution in [0, 0.1) is 0 Å². The van der Waals surface area contributed by atoms with E-state index >= 15 is 0 Å². The zero-order chi connectivity index (χ0) is 31.3. The number of carboxylic acid groups (broad SMARTS) is 1. The lowest BCUT2D eigenvalue weighted by Crippen LogP contribution is -2.64. The molecule has 230 valence electrons. The van der Waals surface area contributed by atoms with Gasteiger partial charge < -0.3 is 15.2 Å². The van der Waals surface area contributed by atoms with Gasteiger partial charge in [-0.05, 0) is 36.1 Å². The summed E-state index contributed by atoms with van der Waals surface area (Å²) in [5.41, 5.74) is 0.190. The smallest absolute Gasteiger partial charge is 0.339 e. The third kappa shape index (κ3) is 7.33. The van der Waals surface area contributed by atoms with Crippen molar-refractivity contribution in [2.75, 3.05) is 20.3 Å². The summed E-state index contributed by atoms with van der Waals surface area (Å²) in [6, 6.07) is 7.54. The summed E-state index contributed by atoms with van der Waals surface area (Å²) in [5, 5.41) is 15.0. The third-order valence-electron chi connectivity index (χ3n) is 7.11. The molecular weight excluding hydrogens is 588 g/mol. The van der Waals surface area contributed by atoms with E-state index in [2.05, 4.69) is 14.2 Å². The number of carbonyl (C=O) groups is 6. The molecule has 0 spiro atoms. The largest absolute Gasteiger partial charge is 0.481 e. The van der Waals surface area contributed by atoms with Crippen LogP contribution in [0.3, 0.4) is 0 Å². The first-order valence-electron chi connectivity index (χ1n) is 13.3. The maximum absolute atomic E-state index is 13.4. The first kappa shape index (κ1) is 31.5. The quantitative estimate of drug-likeness (QED) is 0.284. The molecule has 2 aromatic rings. The van der Waals surface area contributed by atoms with Crippen LogP contribution >= 0.6 is 0 Å². The SMILES string of the molecule is COS(=O)(=O)N[C@H]1CCC(=O)N2CCC[C@@H](C(=O)N[C@@H](CC(=O)O)C(=O)COC(=O)c3cccc4ccccc34)N2C1=O. The molecule has 2 aliphatic heterocycles. The number of ketones is 1. The van der Waals surface area contributed by atoms with Gasteiger partial charge in [-0.15, -0.1) is 0 Å². The highest BCUT2D eigenvalue weighted by Crippen LogP contribution is 2.26. The Balaban J connectivity index is 1.49. The minimum absolute atomic E-state index is 0.0369. The average Bonchev–Trinajstić information content (AvgIpc) is 3.10. The molecule has 2 saturated heterocycles. The second-order valence-corrected chi connectivity index (χ2v) is 11.4. The molecule has 0 saturated carbocycles. The molecule has 2 aliphatic rings. The van der Waals surface area contributed by atoms with E-state index < -0.39 is 76.9 Å². The highest BCUT2D eigenvalue weighted by Gasteiger charge is 2.45. The average molecular weight is 619 g/mol. The van der Waals surface area contributed by atoms with E-state index in [1.54, 1.807) is 36.4 Å². The molecule has 0 aliphatic carbocycles. The van der Waals surface area contributed by atoms with E-state index in [4.69, 9.17) is 4.74 Å². The fraction of sp³-hybridized carbons (Fsp3) is 0.407. The van der Waals surface area contributed by atoms with Gasteiger partial charge in [0.15, 0.2) is 12.4 Å². The maximum atomic E-state index is 13.4. The first-order valence-corrected chi connectivity index (χ1v) is 14.7. The number of ether oxygens (including phenoxy) is 1. The monoisotopic (exact) mass is 618 g/mol. The summed E-state index contributed by atoms with van der Waals surface area (Å²) >= 11 is 0. The molecule has 2 fully saturated rings. The van der Waals surface area contributed by atoms with Crippen LogP contribution in [0.15, 0.2) is 42.5 Å². The molecule has 3 amide bonds. The molecule has 4 rings (SSSR count). The van der Waals surface area contributed by atoms with E-state index in [1.165, 1.54) is 6.07 Å². The van der Waals surface area contributed by atoms with Crippen molar-refractivity contribution < 1.29 is 51.2 Å². The fourth-order valence-electron chi connectivity index (χ4n) is 5.01. The van der Waals surface area contributed by atoms with E-state index in [0.29, 0.717) is 11.8 Å². The Morgan fingerprint density at radius 1 is 1.07 bits per heavy atom. The molecule has 0 bridgehead atoms. The number of carboxylic acids is 1. The van der Waals surface area contributed by atoms with Gasteiger partial charge in [-0.25, -0.2) is 9.80 Å². The van der Waals surface area contributed by atoms with Gasteiger partial charge in [0.2, 0.25) is 11.8 Å². The van der Waals surface area contributed by atoms with E-state index in [9.17, 15) is 42.3 Å². The summed E-state index contributed by atoms with van der Waals surface area (Å²) in [6.45, 7) is -0.765. The molecule has 3 N–H and O–H groups in total. The van der Waals surface area contributed by atoms with E-state index in [-0.39, 0.29) is 31.4 Å². The van der Waals surface area contributed by atoms with Crippen molar-refractivity contribution in [1.82, 2.24) is 20.1 Å². The van der Waals surface area contributed by atoms with Gasteiger partial charge in [-0.1, -0.05) is 36.4 Å². The minimum atomic E-state index is -4.33. The molecule has 0 aromatic heterocycles. The topological polar surface area (TPSA) is 206 Å². The number of hydrogen-bond acceptors (Lipinski definition) is 10. The molecule has 0 radical (unpaired) electrons. The van der Waals surface area contributed by atoms with Crippen LogP contribution < -0.4 is 10.0 Å². The van der Waals surface area contributed by atoms with Gasteiger partial charge in [-0.3, -0.25) is 33.2 Å². The molecule has 16 heteroatoms. The van der Waals surface area contributed by atoms with Crippen molar-refractivity contribution in [3.8, 4) is 0 Å². The van der Waals surface area contributed by atoms with Crippen molar-refractivity contribution in [3.05, 3.63) is 48.0 Å². The van der Waals surface area contributed by atoms with Gasteiger partial charge in [0.1, 0.15) is 18.1 Å². The molecule has 0 unspecified atom stereocenters. The minimum Gasteiger partial charge on any atom is -0.481 e. The Kier molecular flexibility index (Phi) is 9.73. The number of aliphatic carboxylic acids is 1. The van der Waals surface area contributed by atoms with Crippen molar-refractivity contribution in [2.24, 2.45) is 0 Å².